The molecule has 0 spiro atoms. The van der Waals surface area contributed by atoms with Gasteiger partial charge in [-0.25, -0.2) is 0 Å². The van der Waals surface area contributed by atoms with Crippen LogP contribution in [0.3, 0.4) is 0 Å². The molecule has 1 rings (SSSR count). The summed E-state index contributed by atoms with van der Waals surface area (Å²) >= 11 is 0. The molecule has 0 aromatic rings. The van der Waals surface area contributed by atoms with Gasteiger partial charge >= 0.3 is 0 Å². The Labute approximate surface area is 76.9 Å². The summed E-state index contributed by atoms with van der Waals surface area (Å²) in [5, 5.41) is 3.56. The molecular weight excluding hydrogens is 146 g/mol. The fourth-order valence-electron chi connectivity index (χ4n) is 2.00. The molecule has 0 radical (unpaired) electrons. The zero-order chi connectivity index (χ0) is 8.65. The molecule has 0 aliphatic heterocycles. The highest BCUT2D eigenvalue weighted by Crippen LogP contribution is 2.22. The Hall–Kier alpha value is -0.0400. The fraction of sp³-hybridized carbons (Fsp3) is 1.00. The first-order valence-corrected chi connectivity index (χ1v) is 5.64. The van der Waals surface area contributed by atoms with Gasteiger partial charge in [0.05, 0.1) is 0 Å². The first-order chi connectivity index (χ1) is 5.93. The average Bonchev–Trinajstić information content (AvgIpc) is 2.14. The highest BCUT2D eigenvalue weighted by molar-refractivity contribution is 4.67. The van der Waals surface area contributed by atoms with Crippen LogP contribution in [0.15, 0.2) is 0 Å². The van der Waals surface area contributed by atoms with Gasteiger partial charge in [-0.15, -0.1) is 0 Å². The van der Waals surface area contributed by atoms with Crippen LogP contribution in [-0.2, 0) is 0 Å². The maximum absolute atomic E-state index is 3.56. The third-order valence-corrected chi connectivity index (χ3v) is 2.86. The molecular formula is C11H23N. The molecule has 1 fully saturated rings. The summed E-state index contributed by atoms with van der Waals surface area (Å²) in [4.78, 5) is 0. The molecule has 72 valence electrons. The van der Waals surface area contributed by atoms with Crippen LogP contribution in [0.2, 0.25) is 0 Å². The Balaban J connectivity index is 1.91. The first-order valence-electron chi connectivity index (χ1n) is 5.64. The van der Waals surface area contributed by atoms with Gasteiger partial charge in [-0.1, -0.05) is 32.6 Å². The zero-order valence-electron chi connectivity index (χ0n) is 8.44. The fourth-order valence-corrected chi connectivity index (χ4v) is 2.00. The standard InChI is InChI=1S/C11H23N/c1-2-3-9-12-10-11-7-5-4-6-8-11/h11-12H,2-10H2,1H3. The average molecular weight is 169 g/mol. The molecule has 1 saturated carbocycles. The van der Waals surface area contributed by atoms with Crippen molar-refractivity contribution in [3.8, 4) is 0 Å². The summed E-state index contributed by atoms with van der Waals surface area (Å²) in [6.45, 7) is 4.76. The molecule has 0 aromatic heterocycles. The molecule has 1 aliphatic carbocycles. The predicted molar refractivity (Wildman–Crippen MR) is 54.4 cm³/mol. The molecule has 0 heterocycles. The van der Waals surface area contributed by atoms with Crippen LogP contribution in [0.1, 0.15) is 51.9 Å². The Morgan fingerprint density at radius 3 is 2.58 bits per heavy atom. The predicted octanol–water partition coefficient (Wildman–Crippen LogP) is 2.96. The van der Waals surface area contributed by atoms with E-state index in [0.717, 1.165) is 5.92 Å². The summed E-state index contributed by atoms with van der Waals surface area (Å²) in [5.41, 5.74) is 0. The molecule has 0 aromatic carbocycles. The molecule has 0 saturated heterocycles. The van der Waals surface area contributed by atoms with Gasteiger partial charge in [0.1, 0.15) is 0 Å². The largest absolute Gasteiger partial charge is 0.316 e. The second-order valence-electron chi connectivity index (χ2n) is 4.06. The number of rotatable bonds is 5. The van der Waals surface area contributed by atoms with E-state index in [1.54, 1.807) is 0 Å². The van der Waals surface area contributed by atoms with Crippen molar-refractivity contribution in [1.29, 1.82) is 0 Å². The van der Waals surface area contributed by atoms with Gasteiger partial charge in [0.15, 0.2) is 0 Å². The molecule has 0 atom stereocenters. The topological polar surface area (TPSA) is 12.0 Å². The Kier molecular flexibility index (Phi) is 5.42. The molecule has 1 N–H and O–H groups in total. The van der Waals surface area contributed by atoms with Crippen molar-refractivity contribution < 1.29 is 0 Å². The van der Waals surface area contributed by atoms with Crippen LogP contribution in [0, 0.1) is 5.92 Å². The third-order valence-electron chi connectivity index (χ3n) is 2.86. The molecule has 12 heavy (non-hydrogen) atoms. The molecule has 1 aliphatic rings. The van der Waals surface area contributed by atoms with Crippen molar-refractivity contribution in [3.63, 3.8) is 0 Å². The van der Waals surface area contributed by atoms with Gasteiger partial charge in [-0.05, 0) is 38.3 Å². The van der Waals surface area contributed by atoms with E-state index in [9.17, 15) is 0 Å². The van der Waals surface area contributed by atoms with E-state index in [-0.39, 0.29) is 0 Å². The van der Waals surface area contributed by atoms with Crippen molar-refractivity contribution >= 4 is 0 Å². The minimum atomic E-state index is 0.996. The number of nitrogens with one attached hydrogen (secondary N) is 1. The molecule has 1 heteroatoms. The van der Waals surface area contributed by atoms with E-state index in [0.29, 0.717) is 0 Å². The van der Waals surface area contributed by atoms with Crippen LogP contribution in [0.25, 0.3) is 0 Å². The summed E-state index contributed by atoms with van der Waals surface area (Å²) in [7, 11) is 0. The minimum Gasteiger partial charge on any atom is -0.316 e. The second kappa shape index (κ2) is 6.47. The van der Waals surface area contributed by atoms with E-state index >= 15 is 0 Å². The zero-order valence-corrected chi connectivity index (χ0v) is 8.44. The van der Waals surface area contributed by atoms with E-state index < -0.39 is 0 Å². The lowest BCUT2D eigenvalue weighted by Gasteiger charge is -2.21. The normalized spacial score (nSPS) is 19.8. The van der Waals surface area contributed by atoms with Crippen molar-refractivity contribution in [2.24, 2.45) is 5.92 Å². The number of hydrogen-bond acceptors (Lipinski definition) is 1. The van der Waals surface area contributed by atoms with Crippen LogP contribution >= 0.6 is 0 Å². The monoisotopic (exact) mass is 169 g/mol. The van der Waals surface area contributed by atoms with Gasteiger partial charge in [0.2, 0.25) is 0 Å². The Morgan fingerprint density at radius 1 is 1.17 bits per heavy atom. The molecule has 0 unspecified atom stereocenters. The highest BCUT2D eigenvalue weighted by Gasteiger charge is 2.11. The van der Waals surface area contributed by atoms with Crippen molar-refractivity contribution in [3.05, 3.63) is 0 Å². The Bertz CT molecular complexity index is 95.2. The van der Waals surface area contributed by atoms with Gasteiger partial charge in [-0.2, -0.15) is 0 Å². The van der Waals surface area contributed by atoms with Crippen LogP contribution in [0.4, 0.5) is 0 Å². The number of unbranched alkanes of at least 4 members (excludes halogenated alkanes) is 1. The van der Waals surface area contributed by atoms with Gasteiger partial charge in [-0.3, -0.25) is 0 Å². The van der Waals surface area contributed by atoms with Crippen LogP contribution < -0.4 is 5.32 Å². The maximum Gasteiger partial charge on any atom is -0.00205 e. The molecule has 0 amide bonds. The first kappa shape index (κ1) is 10.0. The van der Waals surface area contributed by atoms with Crippen LogP contribution in [0.5, 0.6) is 0 Å². The van der Waals surface area contributed by atoms with E-state index in [1.165, 1.54) is 58.0 Å². The summed E-state index contributed by atoms with van der Waals surface area (Å²) in [6, 6.07) is 0. The smallest absolute Gasteiger partial charge is 0.00205 e. The van der Waals surface area contributed by atoms with Gasteiger partial charge in [0.25, 0.3) is 0 Å². The lowest BCUT2D eigenvalue weighted by atomic mass is 9.89. The SMILES string of the molecule is CCCCNCC1CCCCC1. The van der Waals surface area contributed by atoms with Crippen molar-refractivity contribution in [2.75, 3.05) is 13.1 Å². The van der Waals surface area contributed by atoms with Crippen molar-refractivity contribution in [1.82, 2.24) is 5.32 Å². The Morgan fingerprint density at radius 2 is 1.92 bits per heavy atom. The van der Waals surface area contributed by atoms with E-state index in [2.05, 4.69) is 12.2 Å². The second-order valence-corrected chi connectivity index (χ2v) is 4.06. The minimum absolute atomic E-state index is 0.996. The number of hydrogen-bond donors (Lipinski definition) is 1. The lowest BCUT2D eigenvalue weighted by Crippen LogP contribution is -2.25. The van der Waals surface area contributed by atoms with Crippen molar-refractivity contribution in [2.45, 2.75) is 51.9 Å². The highest BCUT2D eigenvalue weighted by atomic mass is 14.8. The molecule has 0 bridgehead atoms. The van der Waals surface area contributed by atoms with Crippen LogP contribution in [-0.4, -0.2) is 13.1 Å². The van der Waals surface area contributed by atoms with E-state index in [4.69, 9.17) is 0 Å². The quantitative estimate of drug-likeness (QED) is 0.624. The summed E-state index contributed by atoms with van der Waals surface area (Å²) < 4.78 is 0. The summed E-state index contributed by atoms with van der Waals surface area (Å²) in [6.07, 6.45) is 10.0. The summed E-state index contributed by atoms with van der Waals surface area (Å²) in [5.74, 6) is 0.996. The van der Waals surface area contributed by atoms with Gasteiger partial charge in [0, 0.05) is 0 Å². The van der Waals surface area contributed by atoms with Gasteiger partial charge < -0.3 is 5.32 Å². The molecule has 1 nitrogen and oxygen atoms in total. The lowest BCUT2D eigenvalue weighted by molar-refractivity contribution is 0.342. The third kappa shape index (κ3) is 4.10. The maximum atomic E-state index is 3.56. The van der Waals surface area contributed by atoms with E-state index in [1.807, 2.05) is 0 Å².